The maximum absolute atomic E-state index is 5.90. The first-order valence-electron chi connectivity index (χ1n) is 7.56. The van der Waals surface area contributed by atoms with E-state index in [0.717, 1.165) is 35.3 Å². The molecule has 3 rings (SSSR count). The van der Waals surface area contributed by atoms with Crippen molar-refractivity contribution in [2.75, 3.05) is 12.0 Å². The van der Waals surface area contributed by atoms with Crippen molar-refractivity contribution in [3.8, 4) is 0 Å². The number of nitrogens with zero attached hydrogens (tertiary/aromatic N) is 2. The fraction of sp³-hybridized carbons (Fsp3) is 0.600. The van der Waals surface area contributed by atoms with Gasteiger partial charge in [-0.2, -0.15) is 0 Å². The second-order valence-electron chi connectivity index (χ2n) is 5.60. The van der Waals surface area contributed by atoms with Crippen LogP contribution in [-0.2, 0) is 23.2 Å². The highest BCUT2D eigenvalue weighted by atomic mass is 32.1. The Morgan fingerprint density at radius 3 is 2.81 bits per heavy atom. The van der Waals surface area contributed by atoms with Crippen molar-refractivity contribution in [3.63, 3.8) is 0 Å². The van der Waals surface area contributed by atoms with E-state index in [9.17, 15) is 0 Å². The van der Waals surface area contributed by atoms with E-state index in [1.165, 1.54) is 16.9 Å². The Balaban J connectivity index is 2.18. The maximum atomic E-state index is 5.90. The minimum absolute atomic E-state index is 0.469. The van der Waals surface area contributed by atoms with Crippen LogP contribution in [0.5, 0.6) is 0 Å². The Morgan fingerprint density at radius 2 is 2.14 bits per heavy atom. The molecule has 1 aliphatic rings. The minimum atomic E-state index is -0.469. The summed E-state index contributed by atoms with van der Waals surface area (Å²) >= 11 is 1.77. The summed E-state index contributed by atoms with van der Waals surface area (Å²) in [5.74, 6) is 7.17. The van der Waals surface area contributed by atoms with Crippen LogP contribution in [-0.4, -0.2) is 16.6 Å². The van der Waals surface area contributed by atoms with Crippen molar-refractivity contribution in [3.05, 3.63) is 16.3 Å². The molecule has 0 amide bonds. The highest BCUT2D eigenvalue weighted by Gasteiger charge is 2.31. The molecule has 0 aromatic carbocycles. The van der Waals surface area contributed by atoms with Gasteiger partial charge in [0.25, 0.3) is 0 Å². The predicted octanol–water partition coefficient (Wildman–Crippen LogP) is 3.13. The van der Waals surface area contributed by atoms with Gasteiger partial charge < -0.3 is 10.2 Å². The number of nitrogens with two attached hydrogens (primary N) is 1. The van der Waals surface area contributed by atoms with Crippen LogP contribution in [0.2, 0.25) is 0 Å². The third-order valence-electron chi connectivity index (χ3n) is 4.31. The zero-order chi connectivity index (χ0) is 15.0. The number of aryl methyl sites for hydroxylation is 2. The Kier molecular flexibility index (Phi) is 3.86. The topological polar surface area (TPSA) is 73.1 Å². The molecule has 21 heavy (non-hydrogen) atoms. The predicted molar refractivity (Wildman–Crippen MR) is 86.5 cm³/mol. The van der Waals surface area contributed by atoms with Crippen molar-refractivity contribution in [2.45, 2.75) is 52.1 Å². The van der Waals surface area contributed by atoms with Gasteiger partial charge >= 0.3 is 0 Å². The second-order valence-corrected chi connectivity index (χ2v) is 6.68. The Hall–Kier alpha value is -1.24. The van der Waals surface area contributed by atoms with E-state index in [-0.39, 0.29) is 0 Å². The van der Waals surface area contributed by atoms with Gasteiger partial charge in [-0.15, -0.1) is 11.3 Å². The lowest BCUT2D eigenvalue weighted by Crippen LogP contribution is -2.28. The Morgan fingerprint density at radius 1 is 1.33 bits per heavy atom. The van der Waals surface area contributed by atoms with Gasteiger partial charge in [-0.25, -0.2) is 15.8 Å². The van der Waals surface area contributed by atoms with Crippen LogP contribution < -0.4 is 11.3 Å². The summed E-state index contributed by atoms with van der Waals surface area (Å²) in [5.41, 5.74) is 3.67. The standard InChI is InChI=1S/C15H22N4OS/c1-4-15(3,20-5-2)14-17-12(19-16)11-9-7-6-8-10(9)21-13(11)18-14/h4-8,16H2,1-3H3,(H,17,18,19). The van der Waals surface area contributed by atoms with E-state index in [4.69, 9.17) is 15.6 Å². The number of rotatable bonds is 5. The third kappa shape index (κ3) is 2.31. The van der Waals surface area contributed by atoms with Gasteiger partial charge in [0.1, 0.15) is 10.4 Å². The molecule has 1 unspecified atom stereocenters. The zero-order valence-corrected chi connectivity index (χ0v) is 13.6. The smallest absolute Gasteiger partial charge is 0.163 e. The lowest BCUT2D eigenvalue weighted by Gasteiger charge is -2.26. The first-order chi connectivity index (χ1) is 10.1. The molecule has 6 heteroatoms. The zero-order valence-electron chi connectivity index (χ0n) is 12.8. The van der Waals surface area contributed by atoms with E-state index in [0.29, 0.717) is 12.4 Å². The molecule has 114 valence electrons. The average Bonchev–Trinajstić information content (AvgIpc) is 3.06. The van der Waals surface area contributed by atoms with Gasteiger partial charge in [0.2, 0.25) is 0 Å². The first kappa shape index (κ1) is 14.7. The largest absolute Gasteiger partial charge is 0.368 e. The van der Waals surface area contributed by atoms with Gasteiger partial charge in [0.15, 0.2) is 11.6 Å². The first-order valence-corrected chi connectivity index (χ1v) is 8.38. The van der Waals surface area contributed by atoms with Crippen molar-refractivity contribution in [2.24, 2.45) is 5.84 Å². The number of nitrogens with one attached hydrogen (secondary N) is 1. The molecule has 1 atom stereocenters. The van der Waals surface area contributed by atoms with E-state index < -0.39 is 5.60 Å². The molecule has 3 N–H and O–H groups in total. The number of thiophene rings is 1. The number of hydrogen-bond donors (Lipinski definition) is 2. The second kappa shape index (κ2) is 5.51. The molecule has 0 fully saturated rings. The van der Waals surface area contributed by atoms with Crippen LogP contribution in [0.25, 0.3) is 10.2 Å². The van der Waals surface area contributed by atoms with Crippen molar-refractivity contribution < 1.29 is 4.74 Å². The molecule has 0 radical (unpaired) electrons. The van der Waals surface area contributed by atoms with Crippen LogP contribution in [0.4, 0.5) is 5.82 Å². The van der Waals surface area contributed by atoms with Crippen LogP contribution in [0, 0.1) is 0 Å². The number of aromatic nitrogens is 2. The fourth-order valence-corrected chi connectivity index (χ4v) is 4.24. The Labute approximate surface area is 128 Å². The summed E-state index contributed by atoms with van der Waals surface area (Å²) in [7, 11) is 0. The van der Waals surface area contributed by atoms with Gasteiger partial charge in [-0.3, -0.25) is 0 Å². The molecule has 0 aliphatic heterocycles. The van der Waals surface area contributed by atoms with E-state index >= 15 is 0 Å². The van der Waals surface area contributed by atoms with Crippen molar-refractivity contribution in [1.82, 2.24) is 9.97 Å². The number of anilines is 1. The minimum Gasteiger partial charge on any atom is -0.368 e. The summed E-state index contributed by atoms with van der Waals surface area (Å²) in [6, 6.07) is 0. The van der Waals surface area contributed by atoms with Gasteiger partial charge in [-0.05, 0) is 45.1 Å². The fourth-order valence-electron chi connectivity index (χ4n) is 2.98. The van der Waals surface area contributed by atoms with Crippen molar-refractivity contribution in [1.29, 1.82) is 0 Å². The molecule has 2 aromatic heterocycles. The number of hydrazine groups is 1. The molecule has 0 bridgehead atoms. The normalized spacial score (nSPS) is 17.0. The molecule has 0 spiro atoms. The third-order valence-corrected chi connectivity index (χ3v) is 5.50. The molecule has 2 heterocycles. The summed E-state index contributed by atoms with van der Waals surface area (Å²) in [5, 5.41) is 1.11. The van der Waals surface area contributed by atoms with Crippen molar-refractivity contribution >= 4 is 27.4 Å². The SMILES string of the molecule is CCOC(C)(CC)c1nc(NN)c2c3c(sc2n1)CCC3. The highest BCUT2D eigenvalue weighted by molar-refractivity contribution is 7.19. The molecule has 0 saturated carbocycles. The monoisotopic (exact) mass is 306 g/mol. The van der Waals surface area contributed by atoms with E-state index in [1.54, 1.807) is 11.3 Å². The van der Waals surface area contributed by atoms with E-state index in [1.807, 2.05) is 13.8 Å². The average molecular weight is 306 g/mol. The van der Waals surface area contributed by atoms with Crippen LogP contribution in [0.1, 0.15) is 49.9 Å². The van der Waals surface area contributed by atoms with Crippen LogP contribution in [0.3, 0.4) is 0 Å². The van der Waals surface area contributed by atoms with E-state index in [2.05, 4.69) is 17.3 Å². The van der Waals surface area contributed by atoms with Gasteiger partial charge in [0.05, 0.1) is 5.39 Å². The number of fused-ring (bicyclic) bond motifs is 3. The van der Waals surface area contributed by atoms with Gasteiger partial charge in [0, 0.05) is 11.5 Å². The molecule has 0 saturated heterocycles. The summed E-state index contributed by atoms with van der Waals surface area (Å²) in [6.07, 6.45) is 4.28. The number of hydrogen-bond acceptors (Lipinski definition) is 6. The molecular weight excluding hydrogens is 284 g/mol. The van der Waals surface area contributed by atoms with Crippen LogP contribution in [0.15, 0.2) is 0 Å². The van der Waals surface area contributed by atoms with Gasteiger partial charge in [-0.1, -0.05) is 6.92 Å². The lowest BCUT2D eigenvalue weighted by molar-refractivity contribution is -0.0386. The molecule has 1 aliphatic carbocycles. The summed E-state index contributed by atoms with van der Waals surface area (Å²) < 4.78 is 5.90. The summed E-state index contributed by atoms with van der Waals surface area (Å²) in [4.78, 5) is 11.9. The Bertz CT molecular complexity index is 669. The highest BCUT2D eigenvalue weighted by Crippen LogP contribution is 2.40. The quantitative estimate of drug-likeness (QED) is 0.656. The number of nitrogen functional groups attached to an aromatic ring is 1. The van der Waals surface area contributed by atoms with Crippen LogP contribution >= 0.6 is 11.3 Å². The molecule has 5 nitrogen and oxygen atoms in total. The lowest BCUT2D eigenvalue weighted by atomic mass is 10.0. The maximum Gasteiger partial charge on any atom is 0.163 e. The molecular formula is C15H22N4OS. The molecule has 2 aromatic rings. The summed E-state index contributed by atoms with van der Waals surface area (Å²) in [6.45, 7) is 6.76. The number of ether oxygens (including phenoxy) is 1.